The van der Waals surface area contributed by atoms with Gasteiger partial charge in [0.2, 0.25) is 0 Å². The van der Waals surface area contributed by atoms with Crippen LogP contribution in [0.4, 0.5) is 5.82 Å². The lowest BCUT2D eigenvalue weighted by atomic mass is 10.1. The van der Waals surface area contributed by atoms with Gasteiger partial charge in [0, 0.05) is 12.2 Å². The molecule has 0 radical (unpaired) electrons. The molecule has 4 N–H and O–H groups in total. The second-order valence-electron chi connectivity index (χ2n) is 6.59. The van der Waals surface area contributed by atoms with Gasteiger partial charge in [-0.25, -0.2) is 4.98 Å². The Labute approximate surface area is 153 Å². The highest BCUT2D eigenvalue weighted by Crippen LogP contribution is 2.20. The first-order chi connectivity index (χ1) is 12.6. The van der Waals surface area contributed by atoms with E-state index in [0.717, 1.165) is 48.6 Å². The topological polar surface area (TPSA) is 97.5 Å². The molecule has 1 aliphatic rings. The molecule has 1 aliphatic heterocycles. The summed E-state index contributed by atoms with van der Waals surface area (Å²) >= 11 is 0. The van der Waals surface area contributed by atoms with E-state index in [9.17, 15) is 4.79 Å². The number of hydrogen-bond acceptors (Lipinski definition) is 5. The molecule has 2 heterocycles. The fraction of sp³-hybridized carbons (Fsp3) is 0.400. The van der Waals surface area contributed by atoms with E-state index in [4.69, 9.17) is 15.6 Å². The second kappa shape index (κ2) is 8.67. The number of carbonyl (C=O) groups is 1. The standard InChI is InChI=1S/C20H25N3O3/c21-18(20(24)25)13-14-5-9-17(10-6-14)26-12-2-4-16-8-7-15-3-1-11-22-19(15)23-16/h5-10,18H,1-4,11-13,21H2,(H,22,23)(H,24,25)/t18-/m0/s1. The summed E-state index contributed by atoms with van der Waals surface area (Å²) < 4.78 is 5.76. The van der Waals surface area contributed by atoms with Crippen molar-refractivity contribution in [3.05, 3.63) is 53.2 Å². The summed E-state index contributed by atoms with van der Waals surface area (Å²) in [7, 11) is 0. The number of aromatic nitrogens is 1. The van der Waals surface area contributed by atoms with Crippen molar-refractivity contribution in [3.63, 3.8) is 0 Å². The highest BCUT2D eigenvalue weighted by Gasteiger charge is 2.12. The third-order valence-corrected chi connectivity index (χ3v) is 4.49. The van der Waals surface area contributed by atoms with Gasteiger partial charge < -0.3 is 20.9 Å². The molecule has 1 aromatic heterocycles. The van der Waals surface area contributed by atoms with Crippen LogP contribution < -0.4 is 15.8 Å². The van der Waals surface area contributed by atoms with Crippen molar-refractivity contribution in [2.24, 2.45) is 5.73 Å². The van der Waals surface area contributed by atoms with Gasteiger partial charge in [0.1, 0.15) is 17.6 Å². The molecule has 26 heavy (non-hydrogen) atoms. The molecule has 138 valence electrons. The van der Waals surface area contributed by atoms with E-state index < -0.39 is 12.0 Å². The van der Waals surface area contributed by atoms with Crippen LogP contribution in [0.2, 0.25) is 0 Å². The summed E-state index contributed by atoms with van der Waals surface area (Å²) in [6, 6.07) is 10.8. The quantitative estimate of drug-likeness (QED) is 0.629. The molecule has 6 heteroatoms. The number of nitrogens with zero attached hydrogens (tertiary/aromatic N) is 1. The fourth-order valence-corrected chi connectivity index (χ4v) is 3.01. The number of aliphatic carboxylic acids is 1. The van der Waals surface area contributed by atoms with E-state index in [2.05, 4.69) is 22.4 Å². The van der Waals surface area contributed by atoms with Crippen LogP contribution in [-0.2, 0) is 24.1 Å². The Morgan fingerprint density at radius 2 is 2.08 bits per heavy atom. The van der Waals surface area contributed by atoms with Crippen LogP contribution in [0.5, 0.6) is 5.75 Å². The van der Waals surface area contributed by atoms with Gasteiger partial charge in [-0.05, 0) is 61.4 Å². The predicted molar refractivity (Wildman–Crippen MR) is 101 cm³/mol. The van der Waals surface area contributed by atoms with Gasteiger partial charge in [-0.2, -0.15) is 0 Å². The number of anilines is 1. The molecule has 6 nitrogen and oxygen atoms in total. The minimum absolute atomic E-state index is 0.313. The number of pyridine rings is 1. The number of hydrogen-bond donors (Lipinski definition) is 3. The normalized spacial score (nSPS) is 14.2. The van der Waals surface area contributed by atoms with Gasteiger partial charge in [0.25, 0.3) is 0 Å². The molecule has 0 saturated carbocycles. The summed E-state index contributed by atoms with van der Waals surface area (Å²) in [5.41, 5.74) is 8.82. The Morgan fingerprint density at radius 1 is 1.27 bits per heavy atom. The average Bonchev–Trinajstić information content (AvgIpc) is 2.66. The van der Waals surface area contributed by atoms with Crippen molar-refractivity contribution >= 4 is 11.8 Å². The van der Waals surface area contributed by atoms with Gasteiger partial charge >= 0.3 is 5.97 Å². The van der Waals surface area contributed by atoms with Gasteiger partial charge in [0.05, 0.1) is 6.61 Å². The Balaban J connectivity index is 1.43. The smallest absolute Gasteiger partial charge is 0.320 e. The molecule has 0 aliphatic carbocycles. The van der Waals surface area contributed by atoms with E-state index in [1.54, 1.807) is 0 Å². The number of aryl methyl sites for hydroxylation is 2. The average molecular weight is 355 g/mol. The minimum Gasteiger partial charge on any atom is -0.494 e. The van der Waals surface area contributed by atoms with Gasteiger partial charge in [-0.1, -0.05) is 18.2 Å². The third kappa shape index (κ3) is 4.95. The molecule has 0 unspecified atom stereocenters. The summed E-state index contributed by atoms with van der Waals surface area (Å²) in [4.78, 5) is 15.5. The van der Waals surface area contributed by atoms with Crippen molar-refractivity contribution < 1.29 is 14.6 Å². The molecule has 1 atom stereocenters. The van der Waals surface area contributed by atoms with Crippen LogP contribution >= 0.6 is 0 Å². The zero-order chi connectivity index (χ0) is 18.4. The molecule has 0 fully saturated rings. The lowest BCUT2D eigenvalue weighted by molar-refractivity contribution is -0.138. The zero-order valence-electron chi connectivity index (χ0n) is 14.8. The van der Waals surface area contributed by atoms with E-state index >= 15 is 0 Å². The highest BCUT2D eigenvalue weighted by molar-refractivity contribution is 5.73. The lowest BCUT2D eigenvalue weighted by Crippen LogP contribution is -2.32. The number of nitrogens with one attached hydrogen (secondary N) is 1. The first-order valence-electron chi connectivity index (χ1n) is 9.04. The maximum Gasteiger partial charge on any atom is 0.320 e. The summed E-state index contributed by atoms with van der Waals surface area (Å²) in [6.07, 6.45) is 4.35. The maximum atomic E-state index is 10.8. The van der Waals surface area contributed by atoms with E-state index in [1.807, 2.05) is 24.3 Å². The van der Waals surface area contributed by atoms with Gasteiger partial charge in [-0.15, -0.1) is 0 Å². The third-order valence-electron chi connectivity index (χ3n) is 4.49. The van der Waals surface area contributed by atoms with E-state index in [1.165, 1.54) is 12.0 Å². The van der Waals surface area contributed by atoms with Crippen molar-refractivity contribution in [1.82, 2.24) is 4.98 Å². The molecule has 0 amide bonds. The van der Waals surface area contributed by atoms with Crippen molar-refractivity contribution in [2.45, 2.75) is 38.1 Å². The molecule has 1 aromatic carbocycles. The van der Waals surface area contributed by atoms with Crippen LogP contribution in [0, 0.1) is 0 Å². The van der Waals surface area contributed by atoms with Crippen molar-refractivity contribution in [3.8, 4) is 5.75 Å². The van der Waals surface area contributed by atoms with Crippen molar-refractivity contribution in [2.75, 3.05) is 18.5 Å². The fourth-order valence-electron chi connectivity index (χ4n) is 3.01. The Kier molecular flexibility index (Phi) is 6.07. The second-order valence-corrected chi connectivity index (χ2v) is 6.59. The zero-order valence-corrected chi connectivity index (χ0v) is 14.8. The number of nitrogens with two attached hydrogens (primary N) is 1. The predicted octanol–water partition coefficient (Wildman–Crippen LogP) is 2.41. The van der Waals surface area contributed by atoms with E-state index in [-0.39, 0.29) is 0 Å². The van der Waals surface area contributed by atoms with Crippen molar-refractivity contribution in [1.29, 1.82) is 0 Å². The summed E-state index contributed by atoms with van der Waals surface area (Å²) in [5, 5.41) is 12.2. The molecule has 0 saturated heterocycles. The number of benzene rings is 1. The first-order valence-corrected chi connectivity index (χ1v) is 9.04. The number of carboxylic acids is 1. The first kappa shape index (κ1) is 18.2. The van der Waals surface area contributed by atoms with Crippen LogP contribution in [0.25, 0.3) is 0 Å². The van der Waals surface area contributed by atoms with Crippen LogP contribution in [0.1, 0.15) is 29.7 Å². The van der Waals surface area contributed by atoms with Gasteiger partial charge in [0.15, 0.2) is 0 Å². The summed E-state index contributed by atoms with van der Waals surface area (Å²) in [6.45, 7) is 1.61. The van der Waals surface area contributed by atoms with Gasteiger partial charge in [-0.3, -0.25) is 4.79 Å². The summed E-state index contributed by atoms with van der Waals surface area (Å²) in [5.74, 6) is 0.818. The molecule has 3 rings (SSSR count). The Hall–Kier alpha value is -2.60. The number of rotatable bonds is 8. The largest absolute Gasteiger partial charge is 0.494 e. The van der Waals surface area contributed by atoms with Crippen LogP contribution in [0.3, 0.4) is 0 Å². The minimum atomic E-state index is -0.990. The maximum absolute atomic E-state index is 10.8. The molecule has 0 spiro atoms. The number of carboxylic acid groups (broad SMARTS) is 1. The number of fused-ring (bicyclic) bond motifs is 1. The Morgan fingerprint density at radius 3 is 2.85 bits per heavy atom. The SMILES string of the molecule is N[C@@H](Cc1ccc(OCCCc2ccc3c(n2)NCCC3)cc1)C(=O)O. The molecular weight excluding hydrogens is 330 g/mol. The lowest BCUT2D eigenvalue weighted by Gasteiger charge is -2.17. The van der Waals surface area contributed by atoms with E-state index in [0.29, 0.717) is 13.0 Å². The number of ether oxygens (including phenoxy) is 1. The van der Waals surface area contributed by atoms with Crippen LogP contribution in [0.15, 0.2) is 36.4 Å². The molecular formula is C20H25N3O3. The molecule has 2 aromatic rings. The molecule has 0 bridgehead atoms. The highest BCUT2D eigenvalue weighted by atomic mass is 16.5. The van der Waals surface area contributed by atoms with Crippen LogP contribution in [-0.4, -0.2) is 35.3 Å². The monoisotopic (exact) mass is 355 g/mol. The Bertz CT molecular complexity index is 746.